The van der Waals surface area contributed by atoms with Gasteiger partial charge in [0.05, 0.1) is 23.9 Å². The average Bonchev–Trinajstić information content (AvgIpc) is 3.36. The molecule has 1 saturated heterocycles. The van der Waals surface area contributed by atoms with E-state index in [0.717, 1.165) is 18.6 Å². The molecule has 142 valence electrons. The van der Waals surface area contributed by atoms with E-state index in [1.54, 1.807) is 34.0 Å². The molecule has 0 saturated carbocycles. The number of fused-ring (bicyclic) bond motifs is 1. The zero-order chi connectivity index (χ0) is 19.2. The maximum Gasteiger partial charge on any atom is 0.416 e. The molecule has 1 aliphatic rings. The van der Waals surface area contributed by atoms with Gasteiger partial charge in [-0.05, 0) is 18.6 Å². The minimum absolute atomic E-state index is 0.0268. The summed E-state index contributed by atoms with van der Waals surface area (Å²) in [5, 5.41) is 1.72. The predicted octanol–water partition coefficient (Wildman–Crippen LogP) is 3.94. The molecule has 0 N–H and O–H groups in total. The highest BCUT2D eigenvalue weighted by Gasteiger charge is 2.31. The minimum Gasteiger partial charge on any atom is -0.379 e. The van der Waals surface area contributed by atoms with Crippen LogP contribution in [0.1, 0.15) is 22.5 Å². The number of alkyl halides is 3. The van der Waals surface area contributed by atoms with Crippen LogP contribution >= 0.6 is 11.3 Å². The lowest BCUT2D eigenvalue weighted by Gasteiger charge is -2.22. The Kier molecular flexibility index (Phi) is 4.43. The highest BCUT2D eigenvalue weighted by molar-refractivity contribution is 7.15. The second kappa shape index (κ2) is 6.65. The molecule has 0 aliphatic carbocycles. The fraction of sp³-hybridized carbons (Fsp3) is 0.333. The first-order valence-electron chi connectivity index (χ1n) is 8.34. The number of nitrogens with zero attached hydrogens (tertiary/aromatic N) is 3. The standard InChI is InChI=1S/C18H16F3N3O2S/c1-23(13-5-6-26-9-13)16(25)15-10-27-17-22-14(8-24(15)17)11-3-2-4-12(7-11)18(19,20)21/h2-4,7-8,10,13H,5-6,9H2,1H3/t13-/m0/s1. The van der Waals surface area contributed by atoms with E-state index in [2.05, 4.69) is 4.98 Å². The second-order valence-electron chi connectivity index (χ2n) is 6.41. The Morgan fingerprint density at radius 2 is 2.22 bits per heavy atom. The smallest absolute Gasteiger partial charge is 0.379 e. The van der Waals surface area contributed by atoms with Crippen LogP contribution in [0.2, 0.25) is 0 Å². The lowest BCUT2D eigenvalue weighted by Crippen LogP contribution is -2.37. The van der Waals surface area contributed by atoms with Crippen molar-refractivity contribution in [2.24, 2.45) is 0 Å². The number of halogens is 3. The summed E-state index contributed by atoms with van der Waals surface area (Å²) in [5.41, 5.74) is 0.467. The van der Waals surface area contributed by atoms with Crippen LogP contribution in [0.3, 0.4) is 0 Å². The Balaban J connectivity index is 1.67. The highest BCUT2D eigenvalue weighted by Crippen LogP contribution is 2.32. The molecule has 27 heavy (non-hydrogen) atoms. The van der Waals surface area contributed by atoms with Crippen molar-refractivity contribution in [1.29, 1.82) is 0 Å². The summed E-state index contributed by atoms with van der Waals surface area (Å²) in [7, 11) is 1.73. The minimum atomic E-state index is -4.42. The fourth-order valence-electron chi connectivity index (χ4n) is 3.11. The van der Waals surface area contributed by atoms with Crippen LogP contribution in [0.15, 0.2) is 35.8 Å². The van der Waals surface area contributed by atoms with E-state index >= 15 is 0 Å². The predicted molar refractivity (Wildman–Crippen MR) is 94.8 cm³/mol. The van der Waals surface area contributed by atoms with Gasteiger partial charge in [0.2, 0.25) is 0 Å². The molecule has 1 atom stereocenters. The average molecular weight is 395 g/mol. The molecule has 0 spiro atoms. The number of aromatic nitrogens is 2. The number of amides is 1. The Morgan fingerprint density at radius 3 is 2.93 bits per heavy atom. The van der Waals surface area contributed by atoms with Crippen LogP contribution in [-0.2, 0) is 10.9 Å². The van der Waals surface area contributed by atoms with Gasteiger partial charge in [-0.1, -0.05) is 12.1 Å². The molecule has 1 amide bonds. The Bertz CT molecular complexity index is 989. The van der Waals surface area contributed by atoms with Gasteiger partial charge in [0.15, 0.2) is 4.96 Å². The molecule has 1 aromatic carbocycles. The van der Waals surface area contributed by atoms with Gasteiger partial charge >= 0.3 is 6.18 Å². The normalized spacial score (nSPS) is 17.6. The number of carbonyl (C=O) groups is 1. The number of thiazole rings is 1. The Labute approximate surface area is 157 Å². The number of rotatable bonds is 3. The van der Waals surface area contributed by atoms with Gasteiger partial charge < -0.3 is 9.64 Å². The van der Waals surface area contributed by atoms with Crippen molar-refractivity contribution in [3.05, 3.63) is 47.1 Å². The number of imidazole rings is 1. The number of ether oxygens (including phenoxy) is 1. The lowest BCUT2D eigenvalue weighted by atomic mass is 10.1. The van der Waals surface area contributed by atoms with Crippen LogP contribution in [0.5, 0.6) is 0 Å². The van der Waals surface area contributed by atoms with Crippen molar-refractivity contribution in [1.82, 2.24) is 14.3 Å². The van der Waals surface area contributed by atoms with E-state index in [1.807, 2.05) is 0 Å². The maximum absolute atomic E-state index is 13.0. The van der Waals surface area contributed by atoms with Crippen LogP contribution in [0, 0.1) is 0 Å². The fourth-order valence-corrected chi connectivity index (χ4v) is 3.95. The molecule has 3 heterocycles. The van der Waals surface area contributed by atoms with Gasteiger partial charge in [-0.15, -0.1) is 11.3 Å². The third-order valence-corrected chi connectivity index (χ3v) is 5.53. The van der Waals surface area contributed by atoms with Crippen molar-refractivity contribution in [3.63, 3.8) is 0 Å². The summed E-state index contributed by atoms with van der Waals surface area (Å²) in [6, 6.07) is 5.04. The number of hydrogen-bond acceptors (Lipinski definition) is 4. The van der Waals surface area contributed by atoms with Crippen molar-refractivity contribution < 1.29 is 22.7 Å². The number of hydrogen-bond donors (Lipinski definition) is 0. The van der Waals surface area contributed by atoms with E-state index in [-0.39, 0.29) is 11.9 Å². The highest BCUT2D eigenvalue weighted by atomic mass is 32.1. The van der Waals surface area contributed by atoms with Gasteiger partial charge in [0, 0.05) is 30.8 Å². The van der Waals surface area contributed by atoms with Crippen LogP contribution in [0.4, 0.5) is 13.2 Å². The van der Waals surface area contributed by atoms with Gasteiger partial charge in [0.25, 0.3) is 5.91 Å². The molecule has 3 aromatic rings. The third-order valence-electron chi connectivity index (χ3n) is 4.69. The van der Waals surface area contributed by atoms with Crippen molar-refractivity contribution >= 4 is 22.2 Å². The molecule has 1 fully saturated rings. The molecule has 0 bridgehead atoms. The Hall–Kier alpha value is -2.39. The number of likely N-dealkylation sites (N-methyl/N-ethyl adjacent to an activating group) is 1. The second-order valence-corrected chi connectivity index (χ2v) is 7.25. The molecule has 1 aliphatic heterocycles. The largest absolute Gasteiger partial charge is 0.416 e. The van der Waals surface area contributed by atoms with Crippen molar-refractivity contribution in [2.45, 2.75) is 18.6 Å². The molecule has 9 heteroatoms. The first kappa shape index (κ1) is 18.0. The topological polar surface area (TPSA) is 46.8 Å². The number of carbonyl (C=O) groups excluding carboxylic acids is 1. The maximum atomic E-state index is 13.0. The monoisotopic (exact) mass is 395 g/mol. The lowest BCUT2D eigenvalue weighted by molar-refractivity contribution is -0.137. The molecule has 0 unspecified atom stereocenters. The van der Waals surface area contributed by atoms with E-state index in [4.69, 9.17) is 4.74 Å². The summed E-state index contributed by atoms with van der Waals surface area (Å²) in [5.74, 6) is -0.162. The van der Waals surface area contributed by atoms with Crippen LogP contribution < -0.4 is 0 Å². The molecule has 0 radical (unpaired) electrons. The quantitative estimate of drug-likeness (QED) is 0.675. The summed E-state index contributed by atoms with van der Waals surface area (Å²) in [6.45, 7) is 1.14. The van der Waals surface area contributed by atoms with E-state index in [0.29, 0.717) is 35.1 Å². The summed E-state index contributed by atoms with van der Waals surface area (Å²) in [4.78, 5) is 19.4. The SMILES string of the molecule is CN(C(=O)c1csc2nc(-c3cccc(C(F)(F)F)c3)cn12)[C@H]1CCOC1. The van der Waals surface area contributed by atoms with Gasteiger partial charge in [0.1, 0.15) is 5.69 Å². The van der Waals surface area contributed by atoms with E-state index in [1.165, 1.54) is 17.4 Å². The molecular weight excluding hydrogens is 379 g/mol. The van der Waals surface area contributed by atoms with Crippen LogP contribution in [0.25, 0.3) is 16.2 Å². The zero-order valence-corrected chi connectivity index (χ0v) is 15.2. The molecular formula is C18H16F3N3O2S. The first-order valence-corrected chi connectivity index (χ1v) is 9.21. The first-order chi connectivity index (χ1) is 12.8. The van der Waals surface area contributed by atoms with E-state index < -0.39 is 11.7 Å². The third kappa shape index (κ3) is 3.32. The van der Waals surface area contributed by atoms with Crippen molar-refractivity contribution in [2.75, 3.05) is 20.3 Å². The van der Waals surface area contributed by atoms with Gasteiger partial charge in [-0.25, -0.2) is 4.98 Å². The van der Waals surface area contributed by atoms with Gasteiger partial charge in [-0.2, -0.15) is 13.2 Å². The Morgan fingerprint density at radius 1 is 1.41 bits per heavy atom. The summed E-state index contributed by atoms with van der Waals surface area (Å²) >= 11 is 1.28. The number of benzene rings is 1. The molecule has 5 nitrogen and oxygen atoms in total. The van der Waals surface area contributed by atoms with E-state index in [9.17, 15) is 18.0 Å². The van der Waals surface area contributed by atoms with Gasteiger partial charge in [-0.3, -0.25) is 9.20 Å². The summed E-state index contributed by atoms with van der Waals surface area (Å²) < 4.78 is 45.8. The summed E-state index contributed by atoms with van der Waals surface area (Å²) in [6.07, 6.45) is -2.03. The zero-order valence-electron chi connectivity index (χ0n) is 14.4. The van der Waals surface area contributed by atoms with Crippen LogP contribution in [-0.4, -0.2) is 46.5 Å². The molecule has 2 aromatic heterocycles. The van der Waals surface area contributed by atoms with Crippen molar-refractivity contribution in [3.8, 4) is 11.3 Å². The molecule has 4 rings (SSSR count).